The van der Waals surface area contributed by atoms with Crippen LogP contribution in [0.1, 0.15) is 10.5 Å². The SMILES string of the molecule is O=C(Nc1cccnc1)c1ccn(COc2ccc(Br)cc2)n1. The molecule has 2 heterocycles. The van der Waals surface area contributed by atoms with Crippen molar-refractivity contribution in [1.82, 2.24) is 14.8 Å². The van der Waals surface area contributed by atoms with Gasteiger partial charge in [0.2, 0.25) is 0 Å². The Balaban J connectivity index is 1.59. The van der Waals surface area contributed by atoms with Gasteiger partial charge in [0.25, 0.3) is 5.91 Å². The van der Waals surface area contributed by atoms with E-state index in [-0.39, 0.29) is 12.6 Å². The highest BCUT2D eigenvalue weighted by molar-refractivity contribution is 9.10. The number of hydrogen-bond acceptors (Lipinski definition) is 4. The number of ether oxygens (including phenoxy) is 1. The van der Waals surface area contributed by atoms with E-state index in [0.29, 0.717) is 11.4 Å². The van der Waals surface area contributed by atoms with Gasteiger partial charge in [-0.25, -0.2) is 4.68 Å². The molecule has 7 heteroatoms. The van der Waals surface area contributed by atoms with Gasteiger partial charge in [0, 0.05) is 16.9 Å². The number of hydrogen-bond donors (Lipinski definition) is 1. The van der Waals surface area contributed by atoms with Gasteiger partial charge in [-0.15, -0.1) is 0 Å². The smallest absolute Gasteiger partial charge is 0.276 e. The number of anilines is 1. The summed E-state index contributed by atoms with van der Waals surface area (Å²) in [7, 11) is 0. The van der Waals surface area contributed by atoms with E-state index in [0.717, 1.165) is 10.2 Å². The lowest BCUT2D eigenvalue weighted by molar-refractivity contribution is 0.102. The van der Waals surface area contributed by atoms with Crippen molar-refractivity contribution < 1.29 is 9.53 Å². The molecule has 0 radical (unpaired) electrons. The van der Waals surface area contributed by atoms with Crippen LogP contribution < -0.4 is 10.1 Å². The molecule has 1 amide bonds. The minimum atomic E-state index is -0.291. The molecule has 0 aliphatic rings. The molecule has 0 bridgehead atoms. The van der Waals surface area contributed by atoms with Crippen LogP contribution in [0.25, 0.3) is 0 Å². The molecule has 3 aromatic rings. The average Bonchev–Trinajstić information content (AvgIpc) is 3.04. The van der Waals surface area contributed by atoms with E-state index in [1.54, 1.807) is 41.5 Å². The zero-order chi connectivity index (χ0) is 16.1. The second-order valence-corrected chi connectivity index (χ2v) is 5.58. The van der Waals surface area contributed by atoms with Crippen molar-refractivity contribution in [2.75, 3.05) is 5.32 Å². The number of aromatic nitrogens is 3. The van der Waals surface area contributed by atoms with Gasteiger partial charge in [-0.3, -0.25) is 9.78 Å². The molecule has 0 aliphatic carbocycles. The normalized spacial score (nSPS) is 10.3. The van der Waals surface area contributed by atoms with E-state index in [1.807, 2.05) is 24.3 Å². The lowest BCUT2D eigenvalue weighted by Gasteiger charge is -2.06. The van der Waals surface area contributed by atoms with Gasteiger partial charge in [0.1, 0.15) is 5.75 Å². The quantitative estimate of drug-likeness (QED) is 0.745. The van der Waals surface area contributed by atoms with Crippen molar-refractivity contribution in [2.45, 2.75) is 6.73 Å². The summed E-state index contributed by atoms with van der Waals surface area (Å²) in [5, 5.41) is 6.92. The van der Waals surface area contributed by atoms with Crippen LogP contribution in [-0.2, 0) is 6.73 Å². The lowest BCUT2D eigenvalue weighted by atomic mass is 10.3. The number of rotatable bonds is 5. The van der Waals surface area contributed by atoms with E-state index < -0.39 is 0 Å². The summed E-state index contributed by atoms with van der Waals surface area (Å²) in [5.41, 5.74) is 0.937. The second kappa shape index (κ2) is 7.06. The fourth-order valence-electron chi connectivity index (χ4n) is 1.86. The summed E-state index contributed by atoms with van der Waals surface area (Å²) in [6.07, 6.45) is 4.91. The third kappa shape index (κ3) is 4.17. The summed E-state index contributed by atoms with van der Waals surface area (Å²) in [5.74, 6) is 0.436. The molecule has 0 saturated heterocycles. The first kappa shape index (κ1) is 15.2. The summed E-state index contributed by atoms with van der Waals surface area (Å²) < 4.78 is 8.14. The van der Waals surface area contributed by atoms with Crippen molar-refractivity contribution in [3.8, 4) is 5.75 Å². The number of halogens is 1. The van der Waals surface area contributed by atoms with Crippen molar-refractivity contribution in [1.29, 1.82) is 0 Å². The predicted octanol–water partition coefficient (Wildman–Crippen LogP) is 3.33. The average molecular weight is 373 g/mol. The zero-order valence-electron chi connectivity index (χ0n) is 12.0. The van der Waals surface area contributed by atoms with E-state index in [1.165, 1.54) is 0 Å². The Morgan fingerprint density at radius 3 is 2.78 bits per heavy atom. The topological polar surface area (TPSA) is 69.0 Å². The molecule has 3 rings (SSSR count). The van der Waals surface area contributed by atoms with Crippen LogP contribution in [0.15, 0.2) is 65.5 Å². The number of carbonyl (C=O) groups is 1. The summed E-state index contributed by atoms with van der Waals surface area (Å²) >= 11 is 3.37. The molecule has 2 aromatic heterocycles. The fraction of sp³-hybridized carbons (Fsp3) is 0.0625. The Kier molecular flexibility index (Phi) is 4.68. The summed E-state index contributed by atoms with van der Waals surface area (Å²) in [6.45, 7) is 0.224. The fourth-order valence-corrected chi connectivity index (χ4v) is 2.12. The molecule has 0 atom stereocenters. The van der Waals surface area contributed by atoms with Crippen molar-refractivity contribution in [2.24, 2.45) is 0 Å². The number of pyridine rings is 1. The second-order valence-electron chi connectivity index (χ2n) is 4.66. The number of amides is 1. The van der Waals surface area contributed by atoms with Gasteiger partial charge in [-0.05, 0) is 42.5 Å². The van der Waals surface area contributed by atoms with Gasteiger partial charge in [0.05, 0.1) is 11.9 Å². The van der Waals surface area contributed by atoms with Gasteiger partial charge in [-0.2, -0.15) is 5.10 Å². The Morgan fingerprint density at radius 2 is 2.04 bits per heavy atom. The minimum absolute atomic E-state index is 0.224. The number of benzene rings is 1. The maximum absolute atomic E-state index is 12.1. The Hall–Kier alpha value is -2.67. The van der Waals surface area contributed by atoms with Crippen LogP contribution in [0.2, 0.25) is 0 Å². The molecule has 0 aliphatic heterocycles. The highest BCUT2D eigenvalue weighted by Crippen LogP contribution is 2.16. The first-order chi connectivity index (χ1) is 11.2. The van der Waals surface area contributed by atoms with E-state index >= 15 is 0 Å². The first-order valence-electron chi connectivity index (χ1n) is 6.84. The molecule has 1 N–H and O–H groups in total. The zero-order valence-corrected chi connectivity index (χ0v) is 13.6. The Morgan fingerprint density at radius 1 is 1.22 bits per heavy atom. The molecular weight excluding hydrogens is 360 g/mol. The van der Waals surface area contributed by atoms with Crippen LogP contribution in [0, 0.1) is 0 Å². The molecule has 23 heavy (non-hydrogen) atoms. The van der Waals surface area contributed by atoms with Crippen molar-refractivity contribution in [3.63, 3.8) is 0 Å². The van der Waals surface area contributed by atoms with Gasteiger partial charge in [0.15, 0.2) is 12.4 Å². The monoisotopic (exact) mass is 372 g/mol. The highest BCUT2D eigenvalue weighted by atomic mass is 79.9. The molecule has 1 aromatic carbocycles. The molecule has 116 valence electrons. The van der Waals surface area contributed by atoms with Crippen LogP contribution in [0.5, 0.6) is 5.75 Å². The Labute approximate surface area is 141 Å². The standard InChI is InChI=1S/C16H13BrN4O2/c17-12-3-5-14(6-4-12)23-11-21-9-7-15(20-21)16(22)19-13-2-1-8-18-10-13/h1-10H,11H2,(H,19,22). The number of nitrogens with one attached hydrogen (secondary N) is 1. The molecule has 0 unspecified atom stereocenters. The third-order valence-electron chi connectivity index (χ3n) is 2.97. The maximum atomic E-state index is 12.1. The number of nitrogens with zero attached hydrogens (tertiary/aromatic N) is 3. The molecular formula is C16H13BrN4O2. The first-order valence-corrected chi connectivity index (χ1v) is 7.63. The Bertz CT molecular complexity index is 787. The van der Waals surface area contributed by atoms with Crippen molar-refractivity contribution >= 4 is 27.5 Å². The third-order valence-corrected chi connectivity index (χ3v) is 3.50. The van der Waals surface area contributed by atoms with Crippen molar-refractivity contribution in [3.05, 3.63) is 71.2 Å². The van der Waals surface area contributed by atoms with Crippen LogP contribution in [0.4, 0.5) is 5.69 Å². The van der Waals surface area contributed by atoms with E-state index in [9.17, 15) is 4.79 Å². The van der Waals surface area contributed by atoms with E-state index in [2.05, 4.69) is 31.3 Å². The van der Waals surface area contributed by atoms with Gasteiger partial charge >= 0.3 is 0 Å². The van der Waals surface area contributed by atoms with Gasteiger partial charge in [-0.1, -0.05) is 15.9 Å². The molecule has 0 spiro atoms. The van der Waals surface area contributed by atoms with Crippen LogP contribution in [-0.4, -0.2) is 20.7 Å². The molecule has 6 nitrogen and oxygen atoms in total. The molecule has 0 saturated carbocycles. The predicted molar refractivity (Wildman–Crippen MR) is 89.2 cm³/mol. The highest BCUT2D eigenvalue weighted by Gasteiger charge is 2.10. The maximum Gasteiger partial charge on any atom is 0.276 e. The summed E-state index contributed by atoms with van der Waals surface area (Å²) in [4.78, 5) is 16.0. The van der Waals surface area contributed by atoms with E-state index in [4.69, 9.17) is 4.74 Å². The molecule has 0 fully saturated rings. The number of carbonyl (C=O) groups excluding carboxylic acids is 1. The van der Waals surface area contributed by atoms with Crippen LogP contribution >= 0.6 is 15.9 Å². The lowest BCUT2D eigenvalue weighted by Crippen LogP contribution is -2.14. The van der Waals surface area contributed by atoms with Crippen LogP contribution in [0.3, 0.4) is 0 Å². The summed E-state index contributed by atoms with van der Waals surface area (Å²) in [6, 6.07) is 12.6. The minimum Gasteiger partial charge on any atom is -0.471 e. The van der Waals surface area contributed by atoms with Gasteiger partial charge < -0.3 is 10.1 Å². The largest absolute Gasteiger partial charge is 0.471 e.